The zero-order chi connectivity index (χ0) is 19.3. The van der Waals surface area contributed by atoms with E-state index >= 15 is 0 Å². The standard InChI is InChI=1S/C22H17N3O3/c26-19-9-3-6-15-20-13-7-4-12-23-16(13)10-11-17(20)24-22(21(15)19)14-5-1-2-8-18(14)25(27)28/h1-2,4-5,7-8,10-12,22,24H,3,6,9H2. The van der Waals surface area contributed by atoms with Gasteiger partial charge in [0.2, 0.25) is 0 Å². The van der Waals surface area contributed by atoms with Gasteiger partial charge in [-0.15, -0.1) is 0 Å². The predicted molar refractivity (Wildman–Crippen MR) is 107 cm³/mol. The molecule has 28 heavy (non-hydrogen) atoms. The minimum atomic E-state index is -0.522. The van der Waals surface area contributed by atoms with E-state index in [9.17, 15) is 14.9 Å². The maximum atomic E-state index is 13.0. The number of aromatic nitrogens is 1. The Morgan fingerprint density at radius 1 is 1.07 bits per heavy atom. The number of nitrogens with zero attached hydrogens (tertiary/aromatic N) is 2. The molecule has 6 nitrogen and oxygen atoms in total. The first-order valence-corrected chi connectivity index (χ1v) is 9.29. The summed E-state index contributed by atoms with van der Waals surface area (Å²) in [6.07, 6.45) is 3.79. The van der Waals surface area contributed by atoms with Crippen LogP contribution < -0.4 is 5.32 Å². The molecular weight excluding hydrogens is 354 g/mol. The molecule has 1 aromatic heterocycles. The molecular formula is C22H17N3O3. The number of rotatable bonds is 2. The zero-order valence-corrected chi connectivity index (χ0v) is 15.0. The van der Waals surface area contributed by atoms with Crippen LogP contribution in [-0.4, -0.2) is 15.7 Å². The topological polar surface area (TPSA) is 85.1 Å². The molecule has 0 radical (unpaired) electrons. The number of hydrogen-bond acceptors (Lipinski definition) is 5. The SMILES string of the molecule is O=C1CCCC2=C1C(c1ccccc1[N+](=O)[O-])Nc1ccc3ncccc3c12. The van der Waals surface area contributed by atoms with Gasteiger partial charge in [-0.05, 0) is 42.7 Å². The Hall–Kier alpha value is -3.54. The Morgan fingerprint density at radius 2 is 1.93 bits per heavy atom. The summed E-state index contributed by atoms with van der Waals surface area (Å²) >= 11 is 0. The first-order chi connectivity index (χ1) is 13.6. The lowest BCUT2D eigenvalue weighted by molar-refractivity contribution is -0.385. The van der Waals surface area contributed by atoms with E-state index in [4.69, 9.17) is 0 Å². The monoisotopic (exact) mass is 371 g/mol. The Kier molecular flexibility index (Phi) is 3.72. The number of allylic oxidation sites excluding steroid dienone is 1. The fourth-order valence-corrected chi connectivity index (χ4v) is 4.41. The summed E-state index contributed by atoms with van der Waals surface area (Å²) in [7, 11) is 0. The summed E-state index contributed by atoms with van der Waals surface area (Å²) in [5, 5.41) is 16.0. The Morgan fingerprint density at radius 3 is 2.79 bits per heavy atom. The van der Waals surface area contributed by atoms with Gasteiger partial charge >= 0.3 is 0 Å². The summed E-state index contributed by atoms with van der Waals surface area (Å²) in [6, 6.07) is 13.9. The van der Waals surface area contributed by atoms with E-state index in [1.54, 1.807) is 24.4 Å². The van der Waals surface area contributed by atoms with E-state index in [-0.39, 0.29) is 16.4 Å². The first-order valence-electron chi connectivity index (χ1n) is 9.29. The maximum absolute atomic E-state index is 13.0. The van der Waals surface area contributed by atoms with Crippen molar-refractivity contribution >= 4 is 33.6 Å². The van der Waals surface area contributed by atoms with Crippen molar-refractivity contribution in [2.75, 3.05) is 5.32 Å². The fourth-order valence-electron chi connectivity index (χ4n) is 4.41. The average Bonchev–Trinajstić information content (AvgIpc) is 2.73. The van der Waals surface area contributed by atoms with E-state index in [2.05, 4.69) is 10.3 Å². The van der Waals surface area contributed by atoms with Crippen molar-refractivity contribution in [3.63, 3.8) is 0 Å². The lowest BCUT2D eigenvalue weighted by atomic mass is 9.77. The van der Waals surface area contributed by atoms with Crippen LogP contribution in [0.25, 0.3) is 16.5 Å². The number of nitro groups is 1. The summed E-state index contributed by atoms with van der Waals surface area (Å²) in [4.78, 5) is 28.6. The third-order valence-corrected chi connectivity index (χ3v) is 5.58. The molecule has 2 aliphatic rings. The molecule has 0 bridgehead atoms. The molecule has 0 saturated heterocycles. The molecule has 138 valence electrons. The van der Waals surface area contributed by atoms with Crippen LogP contribution in [0.1, 0.15) is 36.4 Å². The highest BCUT2D eigenvalue weighted by atomic mass is 16.6. The van der Waals surface area contributed by atoms with Gasteiger partial charge in [0.1, 0.15) is 0 Å². The van der Waals surface area contributed by atoms with Crippen molar-refractivity contribution < 1.29 is 9.72 Å². The van der Waals surface area contributed by atoms with Crippen LogP contribution in [0.3, 0.4) is 0 Å². The van der Waals surface area contributed by atoms with Gasteiger partial charge in [-0.3, -0.25) is 19.9 Å². The van der Waals surface area contributed by atoms with Gasteiger partial charge in [-0.2, -0.15) is 0 Å². The number of hydrogen-bond donors (Lipinski definition) is 1. The van der Waals surface area contributed by atoms with Gasteiger partial charge < -0.3 is 5.32 Å². The number of ketones is 1. The molecule has 0 fully saturated rings. The van der Waals surface area contributed by atoms with E-state index < -0.39 is 6.04 Å². The second-order valence-corrected chi connectivity index (χ2v) is 7.12. The molecule has 6 heteroatoms. The second-order valence-electron chi connectivity index (χ2n) is 7.12. The number of anilines is 1. The third kappa shape index (κ3) is 2.41. The average molecular weight is 371 g/mol. The van der Waals surface area contributed by atoms with E-state index in [0.29, 0.717) is 17.6 Å². The summed E-state index contributed by atoms with van der Waals surface area (Å²) in [6.45, 7) is 0. The maximum Gasteiger partial charge on any atom is 0.275 e. The van der Waals surface area contributed by atoms with E-state index in [0.717, 1.165) is 40.6 Å². The van der Waals surface area contributed by atoms with Crippen LogP contribution in [0.4, 0.5) is 11.4 Å². The summed E-state index contributed by atoms with van der Waals surface area (Å²) < 4.78 is 0. The minimum absolute atomic E-state index is 0.0242. The lowest BCUT2D eigenvalue weighted by Gasteiger charge is -2.34. The Balaban J connectivity index is 1.80. The molecule has 0 amide bonds. The van der Waals surface area contributed by atoms with Gasteiger partial charge in [0.15, 0.2) is 5.78 Å². The lowest BCUT2D eigenvalue weighted by Crippen LogP contribution is -2.27. The molecule has 1 N–H and O–H groups in total. The fraction of sp³-hybridized carbons (Fsp3) is 0.182. The molecule has 5 rings (SSSR count). The zero-order valence-electron chi connectivity index (χ0n) is 15.0. The number of carbonyl (C=O) groups excluding carboxylic acids is 1. The van der Waals surface area contributed by atoms with Crippen LogP contribution in [-0.2, 0) is 4.79 Å². The van der Waals surface area contributed by atoms with Crippen LogP contribution in [0, 0.1) is 10.1 Å². The van der Waals surface area contributed by atoms with Crippen molar-refractivity contribution in [1.82, 2.24) is 4.98 Å². The number of Topliss-reactive ketones (excluding diaryl/α,β-unsaturated/α-hetero) is 1. The highest BCUT2D eigenvalue weighted by Gasteiger charge is 2.37. The number of benzene rings is 2. The number of carbonyl (C=O) groups is 1. The predicted octanol–water partition coefficient (Wildman–Crippen LogP) is 4.82. The Bertz CT molecular complexity index is 1180. The quantitative estimate of drug-likeness (QED) is 0.516. The number of para-hydroxylation sites is 1. The molecule has 1 aliphatic carbocycles. The molecule has 1 aliphatic heterocycles. The molecule has 0 spiro atoms. The summed E-state index contributed by atoms with van der Waals surface area (Å²) in [5.41, 5.74) is 4.96. The number of fused-ring (bicyclic) bond motifs is 4. The molecule has 2 aromatic carbocycles. The second kappa shape index (κ2) is 6.27. The Labute approximate surface area is 161 Å². The highest BCUT2D eigenvalue weighted by molar-refractivity contribution is 6.12. The number of pyridine rings is 1. The van der Waals surface area contributed by atoms with Crippen molar-refractivity contribution in [2.45, 2.75) is 25.3 Å². The molecule has 3 aromatic rings. The highest BCUT2D eigenvalue weighted by Crippen LogP contribution is 2.48. The third-order valence-electron chi connectivity index (χ3n) is 5.58. The first kappa shape index (κ1) is 16.6. The van der Waals surface area contributed by atoms with Crippen molar-refractivity contribution in [3.8, 4) is 0 Å². The van der Waals surface area contributed by atoms with Crippen molar-refractivity contribution in [1.29, 1.82) is 0 Å². The normalized spacial score (nSPS) is 18.4. The number of nitrogens with one attached hydrogen (secondary N) is 1. The largest absolute Gasteiger partial charge is 0.373 e. The summed E-state index contributed by atoms with van der Waals surface area (Å²) in [5.74, 6) is 0.0587. The van der Waals surface area contributed by atoms with Gasteiger partial charge in [0.05, 0.1) is 22.0 Å². The van der Waals surface area contributed by atoms with Crippen LogP contribution in [0.15, 0.2) is 60.3 Å². The van der Waals surface area contributed by atoms with Crippen LogP contribution in [0.5, 0.6) is 0 Å². The molecule has 1 unspecified atom stereocenters. The van der Waals surface area contributed by atoms with Crippen LogP contribution in [0.2, 0.25) is 0 Å². The van der Waals surface area contributed by atoms with Crippen LogP contribution >= 0.6 is 0 Å². The minimum Gasteiger partial charge on any atom is -0.373 e. The van der Waals surface area contributed by atoms with Crippen molar-refractivity contribution in [3.05, 3.63) is 81.5 Å². The van der Waals surface area contributed by atoms with E-state index in [1.165, 1.54) is 6.07 Å². The van der Waals surface area contributed by atoms with Gasteiger partial charge in [-0.1, -0.05) is 18.2 Å². The van der Waals surface area contributed by atoms with Gasteiger partial charge in [0, 0.05) is 40.9 Å². The smallest absolute Gasteiger partial charge is 0.275 e. The molecule has 2 heterocycles. The van der Waals surface area contributed by atoms with E-state index in [1.807, 2.05) is 24.3 Å². The van der Waals surface area contributed by atoms with Crippen molar-refractivity contribution in [2.24, 2.45) is 0 Å². The van der Waals surface area contributed by atoms with Gasteiger partial charge in [0.25, 0.3) is 5.69 Å². The molecule has 1 atom stereocenters. The van der Waals surface area contributed by atoms with Gasteiger partial charge in [-0.25, -0.2) is 0 Å². The number of nitro benzene ring substituents is 1. The molecule has 0 saturated carbocycles.